The molecule has 3 nitrogen and oxygen atoms in total. The zero-order valence-electron chi connectivity index (χ0n) is 12.1. The van der Waals surface area contributed by atoms with Gasteiger partial charge in [-0.25, -0.2) is 0 Å². The molecule has 1 heterocycles. The first-order valence-electron chi connectivity index (χ1n) is 7.60. The standard InChI is InChI=1S/C18H20N2O/c21-18(16-6-2-1-3-7-16)20-13-11-15-9-4-8-14-10-5-12-19-17(14)15/h1-2,4-5,8-10,12,16H,3,6-7,11,13H2,(H,20,21)/t16-/m1/s1. The summed E-state index contributed by atoms with van der Waals surface area (Å²) >= 11 is 0. The van der Waals surface area contributed by atoms with Gasteiger partial charge in [0, 0.05) is 24.0 Å². The van der Waals surface area contributed by atoms with Crippen LogP contribution in [0.4, 0.5) is 0 Å². The number of hydrogen-bond donors (Lipinski definition) is 1. The minimum Gasteiger partial charge on any atom is -0.356 e. The fourth-order valence-corrected chi connectivity index (χ4v) is 2.87. The Morgan fingerprint density at radius 1 is 1.24 bits per heavy atom. The lowest BCUT2D eigenvalue weighted by Gasteiger charge is -2.17. The monoisotopic (exact) mass is 280 g/mol. The summed E-state index contributed by atoms with van der Waals surface area (Å²) < 4.78 is 0. The van der Waals surface area contributed by atoms with E-state index in [-0.39, 0.29) is 11.8 Å². The summed E-state index contributed by atoms with van der Waals surface area (Å²) in [5.74, 6) is 0.341. The van der Waals surface area contributed by atoms with Gasteiger partial charge in [0.05, 0.1) is 5.52 Å². The number of amides is 1. The molecule has 0 saturated heterocycles. The van der Waals surface area contributed by atoms with Gasteiger partial charge in [0.25, 0.3) is 0 Å². The summed E-state index contributed by atoms with van der Waals surface area (Å²) in [5, 5.41) is 4.22. The predicted octanol–water partition coefficient (Wildman–Crippen LogP) is 3.25. The number of carbonyl (C=O) groups excluding carboxylic acids is 1. The highest BCUT2D eigenvalue weighted by molar-refractivity contribution is 5.82. The van der Waals surface area contributed by atoms with Gasteiger partial charge < -0.3 is 5.32 Å². The Morgan fingerprint density at radius 2 is 2.14 bits per heavy atom. The second-order valence-corrected chi connectivity index (χ2v) is 5.51. The van der Waals surface area contributed by atoms with E-state index in [1.807, 2.05) is 18.3 Å². The normalized spacial score (nSPS) is 17.8. The molecule has 0 bridgehead atoms. The number of pyridine rings is 1. The van der Waals surface area contributed by atoms with Crippen LogP contribution < -0.4 is 5.32 Å². The molecule has 1 aromatic heterocycles. The van der Waals surface area contributed by atoms with Gasteiger partial charge in [-0.1, -0.05) is 36.4 Å². The molecule has 1 atom stereocenters. The molecule has 0 radical (unpaired) electrons. The molecule has 0 spiro atoms. The molecule has 1 amide bonds. The highest BCUT2D eigenvalue weighted by atomic mass is 16.1. The number of nitrogens with one attached hydrogen (secondary N) is 1. The van der Waals surface area contributed by atoms with Gasteiger partial charge in [0.1, 0.15) is 0 Å². The van der Waals surface area contributed by atoms with Crippen LogP contribution >= 0.6 is 0 Å². The van der Waals surface area contributed by atoms with E-state index in [9.17, 15) is 4.79 Å². The fraction of sp³-hybridized carbons (Fsp3) is 0.333. The minimum absolute atomic E-state index is 0.153. The van der Waals surface area contributed by atoms with Crippen molar-refractivity contribution >= 4 is 16.8 Å². The highest BCUT2D eigenvalue weighted by Gasteiger charge is 2.17. The topological polar surface area (TPSA) is 42.0 Å². The first-order valence-corrected chi connectivity index (χ1v) is 7.60. The molecule has 1 aliphatic carbocycles. The van der Waals surface area contributed by atoms with E-state index in [2.05, 4.69) is 40.7 Å². The number of carbonyl (C=O) groups is 1. The quantitative estimate of drug-likeness (QED) is 0.874. The Kier molecular flexibility index (Phi) is 4.29. The zero-order chi connectivity index (χ0) is 14.5. The van der Waals surface area contributed by atoms with Gasteiger partial charge in [-0.3, -0.25) is 9.78 Å². The van der Waals surface area contributed by atoms with Crippen molar-refractivity contribution in [1.29, 1.82) is 0 Å². The Hall–Kier alpha value is -2.16. The zero-order valence-corrected chi connectivity index (χ0v) is 12.1. The number of hydrogen-bond acceptors (Lipinski definition) is 2. The van der Waals surface area contributed by atoms with Crippen molar-refractivity contribution in [3.05, 3.63) is 54.2 Å². The summed E-state index contributed by atoms with van der Waals surface area (Å²) in [6.07, 6.45) is 9.78. The van der Waals surface area contributed by atoms with Crippen molar-refractivity contribution in [3.8, 4) is 0 Å². The SMILES string of the molecule is O=C(NCCc1cccc2cccnc12)[C@@H]1CC=CCC1. The van der Waals surface area contributed by atoms with Gasteiger partial charge in [-0.05, 0) is 37.3 Å². The van der Waals surface area contributed by atoms with Crippen LogP contribution in [0.3, 0.4) is 0 Å². The number of nitrogens with zero attached hydrogens (tertiary/aromatic N) is 1. The van der Waals surface area contributed by atoms with Crippen LogP contribution in [0.2, 0.25) is 0 Å². The van der Waals surface area contributed by atoms with Crippen LogP contribution in [0.15, 0.2) is 48.7 Å². The van der Waals surface area contributed by atoms with Crippen molar-refractivity contribution in [2.45, 2.75) is 25.7 Å². The van der Waals surface area contributed by atoms with E-state index in [0.29, 0.717) is 6.54 Å². The van der Waals surface area contributed by atoms with E-state index in [4.69, 9.17) is 0 Å². The van der Waals surface area contributed by atoms with Crippen molar-refractivity contribution in [2.75, 3.05) is 6.54 Å². The van der Waals surface area contributed by atoms with E-state index in [1.54, 1.807) is 0 Å². The lowest BCUT2D eigenvalue weighted by Crippen LogP contribution is -2.32. The largest absolute Gasteiger partial charge is 0.356 e. The lowest BCUT2D eigenvalue weighted by atomic mass is 9.93. The summed E-state index contributed by atoms with van der Waals surface area (Å²) in [4.78, 5) is 16.5. The molecule has 1 aromatic carbocycles. The van der Waals surface area contributed by atoms with Crippen molar-refractivity contribution in [2.24, 2.45) is 5.92 Å². The number of rotatable bonds is 4. The summed E-state index contributed by atoms with van der Waals surface area (Å²) in [5.41, 5.74) is 2.23. The van der Waals surface area contributed by atoms with Gasteiger partial charge >= 0.3 is 0 Å². The molecule has 108 valence electrons. The molecule has 0 fully saturated rings. The van der Waals surface area contributed by atoms with Crippen LogP contribution in [0, 0.1) is 5.92 Å². The second kappa shape index (κ2) is 6.53. The Balaban J connectivity index is 1.59. The molecular formula is C18H20N2O. The Morgan fingerprint density at radius 3 is 3.00 bits per heavy atom. The molecule has 0 unspecified atom stereocenters. The Labute approximate surface area is 125 Å². The second-order valence-electron chi connectivity index (χ2n) is 5.51. The molecule has 3 heteroatoms. The molecule has 0 saturated carbocycles. The van der Waals surface area contributed by atoms with Crippen LogP contribution in [-0.2, 0) is 11.2 Å². The fourth-order valence-electron chi connectivity index (χ4n) is 2.87. The van der Waals surface area contributed by atoms with Crippen molar-refractivity contribution in [1.82, 2.24) is 10.3 Å². The van der Waals surface area contributed by atoms with Gasteiger partial charge in [-0.2, -0.15) is 0 Å². The average Bonchev–Trinajstić information content (AvgIpc) is 2.56. The van der Waals surface area contributed by atoms with E-state index in [1.165, 1.54) is 5.56 Å². The van der Waals surface area contributed by atoms with Gasteiger partial charge in [0.15, 0.2) is 0 Å². The number of fused-ring (bicyclic) bond motifs is 1. The summed E-state index contributed by atoms with van der Waals surface area (Å²) in [6.45, 7) is 0.675. The first-order chi connectivity index (χ1) is 10.3. The molecule has 21 heavy (non-hydrogen) atoms. The third kappa shape index (κ3) is 3.30. The molecular weight excluding hydrogens is 260 g/mol. The number of aromatic nitrogens is 1. The third-order valence-electron chi connectivity index (χ3n) is 4.05. The molecule has 1 N–H and O–H groups in total. The average molecular weight is 280 g/mol. The molecule has 2 aromatic rings. The molecule has 0 aliphatic heterocycles. The maximum absolute atomic E-state index is 12.1. The van der Waals surface area contributed by atoms with Crippen molar-refractivity contribution < 1.29 is 4.79 Å². The van der Waals surface area contributed by atoms with E-state index in [0.717, 1.165) is 36.6 Å². The van der Waals surface area contributed by atoms with E-state index >= 15 is 0 Å². The maximum Gasteiger partial charge on any atom is 0.223 e. The summed E-state index contributed by atoms with van der Waals surface area (Å²) in [6, 6.07) is 10.2. The smallest absolute Gasteiger partial charge is 0.223 e. The first kappa shape index (κ1) is 13.8. The lowest BCUT2D eigenvalue weighted by molar-refractivity contribution is -0.125. The molecule has 3 rings (SSSR count). The van der Waals surface area contributed by atoms with Gasteiger partial charge in [0.2, 0.25) is 5.91 Å². The summed E-state index contributed by atoms with van der Waals surface area (Å²) in [7, 11) is 0. The van der Waals surface area contributed by atoms with Crippen molar-refractivity contribution in [3.63, 3.8) is 0 Å². The predicted molar refractivity (Wildman–Crippen MR) is 84.9 cm³/mol. The highest BCUT2D eigenvalue weighted by Crippen LogP contribution is 2.18. The molecule has 1 aliphatic rings. The number of benzene rings is 1. The van der Waals surface area contributed by atoms with Crippen LogP contribution in [0.5, 0.6) is 0 Å². The van der Waals surface area contributed by atoms with Crippen LogP contribution in [0.1, 0.15) is 24.8 Å². The third-order valence-corrected chi connectivity index (χ3v) is 4.05. The Bertz CT molecular complexity index is 658. The van der Waals surface area contributed by atoms with Crippen LogP contribution in [-0.4, -0.2) is 17.4 Å². The van der Waals surface area contributed by atoms with E-state index < -0.39 is 0 Å². The van der Waals surface area contributed by atoms with Crippen LogP contribution in [0.25, 0.3) is 10.9 Å². The number of allylic oxidation sites excluding steroid dienone is 2. The van der Waals surface area contributed by atoms with Gasteiger partial charge in [-0.15, -0.1) is 0 Å². The minimum atomic E-state index is 0.153. The number of para-hydroxylation sites is 1. The maximum atomic E-state index is 12.1.